The zero-order chi connectivity index (χ0) is 16.6. The van der Waals surface area contributed by atoms with Crippen LogP contribution in [0.5, 0.6) is 0 Å². The van der Waals surface area contributed by atoms with E-state index in [1.54, 1.807) is 7.11 Å². The van der Waals surface area contributed by atoms with Gasteiger partial charge in [-0.3, -0.25) is 4.79 Å². The minimum Gasteiger partial charge on any atom is -0.481 e. The Labute approximate surface area is 127 Å². The van der Waals surface area contributed by atoms with Gasteiger partial charge in [-0.05, 0) is 17.8 Å². The lowest BCUT2D eigenvalue weighted by Crippen LogP contribution is -2.48. The highest BCUT2D eigenvalue weighted by Gasteiger charge is 2.25. The first-order valence-electron chi connectivity index (χ1n) is 7.33. The first-order valence-corrected chi connectivity index (χ1v) is 7.33. The number of carbonyl (C=O) groups is 2. The van der Waals surface area contributed by atoms with Crippen molar-refractivity contribution in [1.82, 2.24) is 10.6 Å². The maximum atomic E-state index is 11.9. The summed E-state index contributed by atoms with van der Waals surface area (Å²) in [4.78, 5) is 23.1. The quantitative estimate of drug-likeness (QED) is 0.640. The number of methoxy groups -OCH3 is 1. The molecule has 0 aliphatic rings. The van der Waals surface area contributed by atoms with Gasteiger partial charge in [0.2, 0.25) is 0 Å². The molecule has 2 atom stereocenters. The Bertz CT molecular complexity index is 337. The molecule has 0 saturated carbocycles. The van der Waals surface area contributed by atoms with Gasteiger partial charge in [-0.2, -0.15) is 0 Å². The van der Waals surface area contributed by atoms with E-state index in [-0.39, 0.29) is 30.0 Å². The average Bonchev–Trinajstić information content (AvgIpc) is 2.32. The number of carboxylic acids is 1. The topological polar surface area (TPSA) is 87.7 Å². The average molecular weight is 302 g/mol. The summed E-state index contributed by atoms with van der Waals surface area (Å²) >= 11 is 0. The third kappa shape index (κ3) is 9.28. The molecule has 6 heteroatoms. The monoisotopic (exact) mass is 302 g/mol. The van der Waals surface area contributed by atoms with Gasteiger partial charge in [0.15, 0.2) is 0 Å². The molecule has 0 aromatic rings. The summed E-state index contributed by atoms with van der Waals surface area (Å²) in [5.74, 6) is -1.24. The summed E-state index contributed by atoms with van der Waals surface area (Å²) in [6, 6.07) is -0.452. The summed E-state index contributed by atoms with van der Waals surface area (Å²) in [7, 11) is 1.58. The van der Waals surface area contributed by atoms with Crippen LogP contribution < -0.4 is 10.6 Å². The molecule has 0 fully saturated rings. The SMILES string of the molecule is COCC(NC(=O)NCC(CC(C)(C)C)C(=O)O)C(C)C. The standard InChI is InChI=1S/C15H30N2O4/c1-10(2)12(9-21-6)17-14(20)16-8-11(13(18)19)7-15(3,4)5/h10-12H,7-9H2,1-6H3,(H,18,19)(H2,16,17,20). The first-order chi connectivity index (χ1) is 9.56. The van der Waals surface area contributed by atoms with Crippen molar-refractivity contribution in [2.45, 2.75) is 47.1 Å². The highest BCUT2D eigenvalue weighted by molar-refractivity contribution is 5.76. The van der Waals surface area contributed by atoms with Crippen molar-refractivity contribution in [3.63, 3.8) is 0 Å². The van der Waals surface area contributed by atoms with E-state index < -0.39 is 11.9 Å². The molecule has 3 N–H and O–H groups in total. The van der Waals surface area contributed by atoms with Gasteiger partial charge >= 0.3 is 12.0 Å². The predicted octanol–water partition coefficient (Wildman–Crippen LogP) is 2.09. The van der Waals surface area contributed by atoms with Crippen LogP contribution in [0.15, 0.2) is 0 Å². The van der Waals surface area contributed by atoms with Crippen molar-refractivity contribution < 1.29 is 19.4 Å². The molecule has 0 rings (SSSR count). The molecule has 0 bridgehead atoms. The molecule has 0 spiro atoms. The first kappa shape index (κ1) is 19.7. The number of nitrogens with one attached hydrogen (secondary N) is 2. The molecule has 2 unspecified atom stereocenters. The Morgan fingerprint density at radius 2 is 1.81 bits per heavy atom. The predicted molar refractivity (Wildman–Crippen MR) is 82.2 cm³/mol. The van der Waals surface area contributed by atoms with Gasteiger partial charge in [0.05, 0.1) is 18.6 Å². The Hall–Kier alpha value is -1.30. The van der Waals surface area contributed by atoms with E-state index in [9.17, 15) is 14.7 Å². The number of carboxylic acid groups (broad SMARTS) is 1. The number of carbonyl (C=O) groups excluding carboxylic acids is 1. The molecule has 0 aromatic heterocycles. The van der Waals surface area contributed by atoms with Crippen molar-refractivity contribution in [1.29, 1.82) is 0 Å². The van der Waals surface area contributed by atoms with Crippen LogP contribution in [0.2, 0.25) is 0 Å². The van der Waals surface area contributed by atoms with Crippen LogP contribution in [0.3, 0.4) is 0 Å². The molecule has 124 valence electrons. The molecule has 0 heterocycles. The van der Waals surface area contributed by atoms with Crippen molar-refractivity contribution in [2.24, 2.45) is 17.3 Å². The van der Waals surface area contributed by atoms with Crippen LogP contribution in [-0.2, 0) is 9.53 Å². The molecule has 21 heavy (non-hydrogen) atoms. The van der Waals surface area contributed by atoms with Crippen LogP contribution >= 0.6 is 0 Å². The summed E-state index contributed by atoms with van der Waals surface area (Å²) < 4.78 is 5.06. The zero-order valence-corrected chi connectivity index (χ0v) is 14.0. The fraction of sp³-hybridized carbons (Fsp3) is 0.867. The molecule has 0 aliphatic heterocycles. The van der Waals surface area contributed by atoms with Gasteiger partial charge in [-0.25, -0.2) is 4.79 Å². The van der Waals surface area contributed by atoms with Crippen molar-refractivity contribution >= 4 is 12.0 Å². The molecular weight excluding hydrogens is 272 g/mol. The molecule has 0 saturated heterocycles. The van der Waals surface area contributed by atoms with E-state index >= 15 is 0 Å². The number of urea groups is 1. The second-order valence-electron chi connectivity index (χ2n) is 6.96. The van der Waals surface area contributed by atoms with Gasteiger partial charge in [0.1, 0.15) is 0 Å². The van der Waals surface area contributed by atoms with Crippen LogP contribution in [-0.4, -0.2) is 43.4 Å². The number of amides is 2. The van der Waals surface area contributed by atoms with Gasteiger partial charge in [0, 0.05) is 13.7 Å². The van der Waals surface area contributed by atoms with Crippen LogP contribution in [0.25, 0.3) is 0 Å². The Kier molecular flexibility index (Phi) is 8.32. The second kappa shape index (κ2) is 8.87. The van der Waals surface area contributed by atoms with Crippen molar-refractivity contribution in [2.75, 3.05) is 20.3 Å². The Morgan fingerprint density at radius 3 is 2.19 bits per heavy atom. The third-order valence-corrected chi connectivity index (χ3v) is 3.18. The fourth-order valence-corrected chi connectivity index (χ4v) is 2.00. The summed E-state index contributed by atoms with van der Waals surface area (Å²) in [5, 5.41) is 14.7. The van der Waals surface area contributed by atoms with Crippen LogP contribution in [0, 0.1) is 17.3 Å². The lowest BCUT2D eigenvalue weighted by Gasteiger charge is -2.25. The van der Waals surface area contributed by atoms with E-state index in [4.69, 9.17) is 4.74 Å². The van der Waals surface area contributed by atoms with E-state index in [1.165, 1.54) is 0 Å². The highest BCUT2D eigenvalue weighted by Crippen LogP contribution is 2.24. The third-order valence-electron chi connectivity index (χ3n) is 3.18. The van der Waals surface area contributed by atoms with E-state index in [0.717, 1.165) is 0 Å². The van der Waals surface area contributed by atoms with Crippen LogP contribution in [0.1, 0.15) is 41.0 Å². The lowest BCUT2D eigenvalue weighted by molar-refractivity contribution is -0.142. The second-order valence-corrected chi connectivity index (χ2v) is 6.96. The Balaban J connectivity index is 4.39. The molecule has 6 nitrogen and oxygen atoms in total. The van der Waals surface area contributed by atoms with Crippen molar-refractivity contribution in [3.05, 3.63) is 0 Å². The van der Waals surface area contributed by atoms with E-state index in [2.05, 4.69) is 10.6 Å². The summed E-state index contributed by atoms with van der Waals surface area (Å²) in [6.45, 7) is 10.5. The fourth-order valence-electron chi connectivity index (χ4n) is 2.00. The van der Waals surface area contributed by atoms with E-state index in [1.807, 2.05) is 34.6 Å². The highest BCUT2D eigenvalue weighted by atomic mass is 16.5. The van der Waals surface area contributed by atoms with Gasteiger partial charge < -0.3 is 20.5 Å². The molecular formula is C15H30N2O4. The van der Waals surface area contributed by atoms with Crippen LogP contribution in [0.4, 0.5) is 4.79 Å². The normalized spacial score (nSPS) is 14.6. The molecule has 2 amide bonds. The van der Waals surface area contributed by atoms with Gasteiger partial charge in [-0.15, -0.1) is 0 Å². The zero-order valence-electron chi connectivity index (χ0n) is 14.0. The number of ether oxygens (including phenoxy) is 1. The minimum absolute atomic E-state index is 0.0964. The number of hydrogen-bond acceptors (Lipinski definition) is 3. The smallest absolute Gasteiger partial charge is 0.315 e. The maximum absolute atomic E-state index is 11.9. The van der Waals surface area contributed by atoms with E-state index in [0.29, 0.717) is 13.0 Å². The summed E-state index contributed by atoms with van der Waals surface area (Å²) in [5.41, 5.74) is -0.0995. The minimum atomic E-state index is -0.887. The van der Waals surface area contributed by atoms with Gasteiger partial charge in [-0.1, -0.05) is 34.6 Å². The molecule has 0 radical (unpaired) electrons. The van der Waals surface area contributed by atoms with Gasteiger partial charge in [0.25, 0.3) is 0 Å². The number of hydrogen-bond donors (Lipinski definition) is 3. The molecule has 0 aromatic carbocycles. The lowest BCUT2D eigenvalue weighted by atomic mass is 9.84. The Morgan fingerprint density at radius 1 is 1.24 bits per heavy atom. The molecule has 0 aliphatic carbocycles. The largest absolute Gasteiger partial charge is 0.481 e. The maximum Gasteiger partial charge on any atom is 0.315 e. The van der Waals surface area contributed by atoms with Crippen molar-refractivity contribution in [3.8, 4) is 0 Å². The number of rotatable bonds is 8. The number of aliphatic carboxylic acids is 1. The summed E-state index contributed by atoms with van der Waals surface area (Å²) in [6.07, 6.45) is 0.508.